The number of alkyl halides is 3. The molecule has 4 rings (SSSR count). The average molecular weight is 471 g/mol. The number of benzene rings is 1. The Morgan fingerprint density at radius 1 is 1.09 bits per heavy atom. The number of likely N-dealkylation sites (tertiary alicyclic amines) is 1. The SMILES string of the molecule is O=C(NCCc1ccccn1)C1CCN(Cc2ccn(-c3ccc(C(F)(F)CF)cc3)c2)CC1. The molecule has 180 valence electrons. The van der Waals surface area contributed by atoms with Crippen LogP contribution in [0.4, 0.5) is 13.2 Å². The molecule has 1 saturated heterocycles. The summed E-state index contributed by atoms with van der Waals surface area (Å²) < 4.78 is 41.3. The highest BCUT2D eigenvalue weighted by molar-refractivity contribution is 5.78. The molecule has 1 N–H and O–H groups in total. The first kappa shape index (κ1) is 24.0. The summed E-state index contributed by atoms with van der Waals surface area (Å²) in [4.78, 5) is 19.1. The Balaban J connectivity index is 1.23. The maximum absolute atomic E-state index is 13.5. The summed E-state index contributed by atoms with van der Waals surface area (Å²) in [5.74, 6) is -3.31. The van der Waals surface area contributed by atoms with Gasteiger partial charge in [0.1, 0.15) is 0 Å². The Hall–Kier alpha value is -3.13. The number of nitrogens with zero attached hydrogens (tertiary/aromatic N) is 3. The van der Waals surface area contributed by atoms with Crippen LogP contribution in [0.15, 0.2) is 67.1 Å². The molecule has 34 heavy (non-hydrogen) atoms. The van der Waals surface area contributed by atoms with E-state index in [1.54, 1.807) is 18.3 Å². The van der Waals surface area contributed by atoms with E-state index in [-0.39, 0.29) is 17.4 Å². The predicted octanol–water partition coefficient (Wildman–Crippen LogP) is 4.50. The molecule has 3 aromatic rings. The predicted molar refractivity (Wildman–Crippen MR) is 125 cm³/mol. The highest BCUT2D eigenvalue weighted by Crippen LogP contribution is 2.29. The van der Waals surface area contributed by atoms with E-state index in [0.29, 0.717) is 6.54 Å². The average Bonchev–Trinajstić information content (AvgIpc) is 3.33. The van der Waals surface area contributed by atoms with E-state index in [1.165, 1.54) is 12.1 Å². The molecule has 0 atom stereocenters. The molecule has 2 aromatic heterocycles. The van der Waals surface area contributed by atoms with Crippen molar-refractivity contribution in [3.05, 3.63) is 83.9 Å². The summed E-state index contributed by atoms with van der Waals surface area (Å²) in [5, 5.41) is 3.04. The number of pyridine rings is 1. The second-order valence-corrected chi connectivity index (χ2v) is 8.72. The minimum atomic E-state index is -3.46. The molecule has 0 unspecified atom stereocenters. The van der Waals surface area contributed by atoms with Crippen LogP contribution in [0.25, 0.3) is 5.69 Å². The van der Waals surface area contributed by atoms with Gasteiger partial charge in [0.15, 0.2) is 6.67 Å². The van der Waals surface area contributed by atoms with Crippen molar-refractivity contribution in [2.45, 2.75) is 31.7 Å². The van der Waals surface area contributed by atoms with Crippen LogP contribution in [0, 0.1) is 5.92 Å². The Kier molecular flexibility index (Phi) is 7.67. The van der Waals surface area contributed by atoms with Gasteiger partial charge in [-0.15, -0.1) is 0 Å². The van der Waals surface area contributed by atoms with Crippen molar-refractivity contribution in [2.24, 2.45) is 5.92 Å². The number of aromatic nitrogens is 2. The van der Waals surface area contributed by atoms with E-state index >= 15 is 0 Å². The quantitative estimate of drug-likeness (QED) is 0.501. The molecule has 0 aliphatic carbocycles. The monoisotopic (exact) mass is 470 g/mol. The van der Waals surface area contributed by atoms with Crippen LogP contribution in [0.3, 0.4) is 0 Å². The van der Waals surface area contributed by atoms with E-state index in [0.717, 1.165) is 55.8 Å². The first-order valence-electron chi connectivity index (χ1n) is 11.6. The minimum absolute atomic E-state index is 0.0329. The lowest BCUT2D eigenvalue weighted by molar-refractivity contribution is -0.126. The van der Waals surface area contributed by atoms with Gasteiger partial charge >= 0.3 is 5.92 Å². The summed E-state index contributed by atoms with van der Waals surface area (Å²) in [6.45, 7) is 1.34. The van der Waals surface area contributed by atoms with Crippen LogP contribution < -0.4 is 5.32 Å². The van der Waals surface area contributed by atoms with E-state index in [1.807, 2.05) is 41.2 Å². The summed E-state index contributed by atoms with van der Waals surface area (Å²) in [6, 6.07) is 13.4. The molecule has 1 aliphatic heterocycles. The number of halogens is 3. The lowest BCUT2D eigenvalue weighted by Crippen LogP contribution is -2.40. The first-order chi connectivity index (χ1) is 16.4. The van der Waals surface area contributed by atoms with E-state index in [4.69, 9.17) is 0 Å². The lowest BCUT2D eigenvalue weighted by atomic mass is 9.95. The van der Waals surface area contributed by atoms with Crippen molar-refractivity contribution < 1.29 is 18.0 Å². The number of nitrogens with one attached hydrogen (secondary N) is 1. The van der Waals surface area contributed by atoms with Crippen molar-refractivity contribution in [3.63, 3.8) is 0 Å². The van der Waals surface area contributed by atoms with Crippen molar-refractivity contribution in [2.75, 3.05) is 26.3 Å². The Morgan fingerprint density at radius 2 is 1.85 bits per heavy atom. The third-order valence-electron chi connectivity index (χ3n) is 6.28. The molecule has 1 fully saturated rings. The maximum atomic E-state index is 13.5. The minimum Gasteiger partial charge on any atom is -0.355 e. The molecular weight excluding hydrogens is 441 g/mol. The molecule has 8 heteroatoms. The molecule has 0 saturated carbocycles. The van der Waals surface area contributed by atoms with E-state index < -0.39 is 12.6 Å². The van der Waals surface area contributed by atoms with Gasteiger partial charge in [-0.05, 0) is 61.8 Å². The summed E-state index contributed by atoms with van der Waals surface area (Å²) in [5.41, 5.74) is 2.50. The number of hydrogen-bond donors (Lipinski definition) is 1. The molecule has 0 spiro atoms. The third kappa shape index (κ3) is 6.05. The number of carbonyl (C=O) groups excluding carboxylic acids is 1. The smallest absolute Gasteiger partial charge is 0.301 e. The Labute approximate surface area is 197 Å². The number of carbonyl (C=O) groups is 1. The zero-order valence-corrected chi connectivity index (χ0v) is 19.0. The molecule has 1 aliphatic rings. The van der Waals surface area contributed by atoms with Crippen LogP contribution in [-0.4, -0.2) is 46.7 Å². The molecule has 1 aromatic carbocycles. The van der Waals surface area contributed by atoms with Crippen molar-refractivity contribution in [1.82, 2.24) is 19.8 Å². The van der Waals surface area contributed by atoms with Gasteiger partial charge in [-0.1, -0.05) is 18.2 Å². The van der Waals surface area contributed by atoms with Crippen LogP contribution in [0.1, 0.15) is 29.7 Å². The molecule has 3 heterocycles. The fourth-order valence-electron chi connectivity index (χ4n) is 4.27. The highest BCUT2D eigenvalue weighted by atomic mass is 19.3. The van der Waals surface area contributed by atoms with E-state index in [2.05, 4.69) is 15.2 Å². The highest BCUT2D eigenvalue weighted by Gasteiger charge is 2.31. The molecular formula is C26H29F3N4O. The first-order valence-corrected chi connectivity index (χ1v) is 11.6. The zero-order valence-electron chi connectivity index (χ0n) is 19.0. The summed E-state index contributed by atoms with van der Waals surface area (Å²) in [7, 11) is 0. The van der Waals surface area contributed by atoms with Gasteiger partial charge in [0, 0.05) is 61.0 Å². The standard InChI is InChI=1S/C26H29F3N4O/c27-19-26(28,29)22-4-6-24(7-5-22)33-16-9-20(18-33)17-32-14-10-21(11-15-32)25(34)31-13-8-23-3-1-2-12-30-23/h1-7,9,12,16,18,21H,8,10-11,13-15,17,19H2,(H,31,34). The number of hydrogen-bond acceptors (Lipinski definition) is 3. The number of rotatable bonds is 9. The second kappa shape index (κ2) is 10.9. The van der Waals surface area contributed by atoms with Crippen molar-refractivity contribution in [3.8, 4) is 5.69 Å². The fourth-order valence-corrected chi connectivity index (χ4v) is 4.27. The van der Waals surface area contributed by atoms with Crippen LogP contribution in [0.2, 0.25) is 0 Å². The summed E-state index contributed by atoms with van der Waals surface area (Å²) >= 11 is 0. The number of amides is 1. The molecule has 5 nitrogen and oxygen atoms in total. The van der Waals surface area contributed by atoms with Gasteiger partial charge in [-0.2, -0.15) is 8.78 Å². The molecule has 1 amide bonds. The second-order valence-electron chi connectivity index (χ2n) is 8.72. The van der Waals surface area contributed by atoms with Gasteiger partial charge < -0.3 is 9.88 Å². The number of piperidine rings is 1. The van der Waals surface area contributed by atoms with Crippen LogP contribution >= 0.6 is 0 Å². The van der Waals surface area contributed by atoms with Crippen molar-refractivity contribution >= 4 is 5.91 Å². The van der Waals surface area contributed by atoms with E-state index in [9.17, 15) is 18.0 Å². The maximum Gasteiger partial charge on any atom is 0.301 e. The Bertz CT molecular complexity index is 1060. The molecule has 0 radical (unpaired) electrons. The van der Waals surface area contributed by atoms with Crippen LogP contribution in [-0.2, 0) is 23.7 Å². The van der Waals surface area contributed by atoms with Gasteiger partial charge in [0.2, 0.25) is 5.91 Å². The fraction of sp³-hybridized carbons (Fsp3) is 0.385. The summed E-state index contributed by atoms with van der Waals surface area (Å²) in [6.07, 6.45) is 7.98. The van der Waals surface area contributed by atoms with Gasteiger partial charge in [0.05, 0.1) is 0 Å². The lowest BCUT2D eigenvalue weighted by Gasteiger charge is -2.31. The third-order valence-corrected chi connectivity index (χ3v) is 6.28. The van der Waals surface area contributed by atoms with Gasteiger partial charge in [-0.3, -0.25) is 14.7 Å². The zero-order chi connectivity index (χ0) is 24.0. The van der Waals surface area contributed by atoms with Crippen molar-refractivity contribution in [1.29, 1.82) is 0 Å². The largest absolute Gasteiger partial charge is 0.355 e. The normalized spacial score (nSPS) is 15.4. The molecule has 0 bridgehead atoms. The van der Waals surface area contributed by atoms with Gasteiger partial charge in [0.25, 0.3) is 0 Å². The van der Waals surface area contributed by atoms with Gasteiger partial charge in [-0.25, -0.2) is 4.39 Å². The topological polar surface area (TPSA) is 50.2 Å². The Morgan fingerprint density at radius 3 is 2.53 bits per heavy atom. The van der Waals surface area contributed by atoms with Crippen LogP contribution in [0.5, 0.6) is 0 Å².